The number of aliphatic hydroxyl groups is 3. The van der Waals surface area contributed by atoms with E-state index in [1.807, 2.05) is 40.7 Å². The molecule has 0 spiro atoms. The summed E-state index contributed by atoms with van der Waals surface area (Å²) in [5, 5.41) is 33.6. The molecule has 3 rings (SSSR count). The van der Waals surface area contributed by atoms with E-state index in [0.717, 1.165) is 0 Å². The maximum Gasteiger partial charge on any atom is 0.303 e. The fourth-order valence-electron chi connectivity index (χ4n) is 6.14. The Balaban J connectivity index is 2.20. The predicted molar refractivity (Wildman–Crippen MR) is 108 cm³/mol. The molecule has 6 nitrogen and oxygen atoms in total. The molecule has 3 aliphatic carbocycles. The summed E-state index contributed by atoms with van der Waals surface area (Å²) in [7, 11) is 0. The highest BCUT2D eigenvalue weighted by molar-refractivity contribution is 6.04. The van der Waals surface area contributed by atoms with Crippen LogP contribution in [0.5, 0.6) is 0 Å². The first-order valence-electron chi connectivity index (χ1n) is 10.4. The number of carbonyl (C=O) groups excluding carboxylic acids is 2. The van der Waals surface area contributed by atoms with Gasteiger partial charge in [-0.2, -0.15) is 0 Å². The van der Waals surface area contributed by atoms with Gasteiger partial charge in [0.05, 0.1) is 12.2 Å². The topological polar surface area (TPSA) is 104 Å². The van der Waals surface area contributed by atoms with Crippen molar-refractivity contribution in [1.82, 2.24) is 0 Å². The Morgan fingerprint density at radius 2 is 1.83 bits per heavy atom. The number of hydrogen-bond donors (Lipinski definition) is 3. The Hall–Kier alpha value is -1.50. The number of Topliss-reactive ketones (excluding diaryl/α,β-unsaturated/α-hetero) is 1. The Morgan fingerprint density at radius 1 is 1.24 bits per heavy atom. The van der Waals surface area contributed by atoms with E-state index in [2.05, 4.69) is 0 Å². The van der Waals surface area contributed by atoms with Crippen LogP contribution < -0.4 is 0 Å². The van der Waals surface area contributed by atoms with Gasteiger partial charge in [-0.1, -0.05) is 39.8 Å². The molecule has 0 bridgehead atoms. The van der Waals surface area contributed by atoms with Gasteiger partial charge in [0.15, 0.2) is 5.78 Å². The lowest BCUT2D eigenvalue weighted by molar-refractivity contribution is -0.164. The van der Waals surface area contributed by atoms with Gasteiger partial charge in [-0.15, -0.1) is 0 Å². The van der Waals surface area contributed by atoms with Crippen molar-refractivity contribution in [2.45, 2.75) is 71.7 Å². The van der Waals surface area contributed by atoms with Crippen molar-refractivity contribution in [3.63, 3.8) is 0 Å². The number of esters is 1. The summed E-state index contributed by atoms with van der Waals surface area (Å²) in [4.78, 5) is 24.7. The van der Waals surface area contributed by atoms with Gasteiger partial charge in [-0.25, -0.2) is 0 Å². The van der Waals surface area contributed by atoms with Crippen LogP contribution >= 0.6 is 0 Å². The molecule has 0 amide bonds. The van der Waals surface area contributed by atoms with Gasteiger partial charge in [0.2, 0.25) is 0 Å². The quantitative estimate of drug-likeness (QED) is 0.488. The van der Waals surface area contributed by atoms with Crippen molar-refractivity contribution in [2.75, 3.05) is 6.61 Å². The van der Waals surface area contributed by atoms with Crippen LogP contribution in [0.4, 0.5) is 0 Å². The summed E-state index contributed by atoms with van der Waals surface area (Å²) in [6.07, 6.45) is 3.47. The normalized spacial score (nSPS) is 43.4. The average molecular weight is 407 g/mol. The molecule has 3 N–H and O–H groups in total. The number of hydrogen-bond acceptors (Lipinski definition) is 6. The molecule has 0 radical (unpaired) electrons. The Kier molecular flexibility index (Phi) is 4.97. The zero-order valence-electron chi connectivity index (χ0n) is 18.4. The molecule has 1 fully saturated rings. The molecule has 162 valence electrons. The molecule has 1 saturated carbocycles. The van der Waals surface area contributed by atoms with Crippen LogP contribution in [0.1, 0.15) is 54.9 Å². The van der Waals surface area contributed by atoms with Crippen molar-refractivity contribution in [2.24, 2.45) is 29.1 Å². The molecular formula is C23H34O6. The minimum absolute atomic E-state index is 0.0240. The molecular weight excluding hydrogens is 372 g/mol. The molecule has 3 aliphatic rings. The van der Waals surface area contributed by atoms with Gasteiger partial charge in [-0.05, 0) is 30.9 Å². The van der Waals surface area contributed by atoms with E-state index in [1.165, 1.54) is 6.92 Å². The van der Waals surface area contributed by atoms with E-state index in [4.69, 9.17) is 4.74 Å². The Bertz CT molecular complexity index is 808. The molecule has 0 unspecified atom stereocenters. The summed E-state index contributed by atoms with van der Waals surface area (Å²) < 4.78 is 5.70. The Morgan fingerprint density at radius 3 is 2.31 bits per heavy atom. The van der Waals surface area contributed by atoms with Crippen LogP contribution in [0.15, 0.2) is 23.3 Å². The van der Waals surface area contributed by atoms with Crippen molar-refractivity contribution in [3.05, 3.63) is 23.3 Å². The molecule has 29 heavy (non-hydrogen) atoms. The van der Waals surface area contributed by atoms with Gasteiger partial charge >= 0.3 is 5.97 Å². The average Bonchev–Trinajstić information content (AvgIpc) is 2.95. The maximum atomic E-state index is 12.9. The highest BCUT2D eigenvalue weighted by atomic mass is 16.6. The van der Waals surface area contributed by atoms with E-state index >= 15 is 0 Å². The summed E-state index contributed by atoms with van der Waals surface area (Å²) >= 11 is 0. The molecule has 0 aromatic rings. The maximum absolute atomic E-state index is 12.9. The first-order chi connectivity index (χ1) is 13.2. The Labute approximate surface area is 172 Å². The zero-order chi connectivity index (χ0) is 22.2. The summed E-state index contributed by atoms with van der Waals surface area (Å²) in [6.45, 7) is 12.3. The van der Waals surface area contributed by atoms with E-state index in [1.54, 1.807) is 13.0 Å². The van der Waals surface area contributed by atoms with E-state index in [9.17, 15) is 24.9 Å². The second-order valence-electron chi connectivity index (χ2n) is 10.2. The molecule has 0 aliphatic heterocycles. The lowest BCUT2D eigenvalue weighted by Gasteiger charge is -2.46. The third-order valence-electron chi connectivity index (χ3n) is 8.04. The molecule has 6 atom stereocenters. The standard InChI is InChI=1S/C23H34O6/c1-12(2)23(28)16(18-20(5,6)21(18,7)29-14(4)25)9-15(11-24)10-22(27)17(23)8-13(3)19(22)26/h8-9,12,16-18,24,27-28H,10-11H2,1-7H3/t16-,17+,18+,21-,22+,23+/m0/s1. The minimum atomic E-state index is -1.79. The number of aliphatic hydroxyl groups excluding tert-OH is 1. The summed E-state index contributed by atoms with van der Waals surface area (Å²) in [6, 6.07) is 0. The summed E-state index contributed by atoms with van der Waals surface area (Å²) in [5.41, 5.74) is -3.53. The summed E-state index contributed by atoms with van der Waals surface area (Å²) in [5.74, 6) is -2.66. The van der Waals surface area contributed by atoms with Gasteiger partial charge in [0.25, 0.3) is 0 Å². The first kappa shape index (κ1) is 22.2. The van der Waals surface area contributed by atoms with E-state index < -0.39 is 39.8 Å². The van der Waals surface area contributed by atoms with Crippen LogP contribution in [0.3, 0.4) is 0 Å². The molecule has 0 saturated heterocycles. The highest BCUT2D eigenvalue weighted by Crippen LogP contribution is 2.70. The molecule has 6 heteroatoms. The third-order valence-corrected chi connectivity index (χ3v) is 8.04. The largest absolute Gasteiger partial charge is 0.459 e. The van der Waals surface area contributed by atoms with Crippen molar-refractivity contribution < 1.29 is 29.6 Å². The van der Waals surface area contributed by atoms with Gasteiger partial charge in [-0.3, -0.25) is 9.59 Å². The zero-order valence-corrected chi connectivity index (χ0v) is 18.4. The lowest BCUT2D eigenvalue weighted by atomic mass is 9.64. The molecule has 0 aromatic heterocycles. The van der Waals surface area contributed by atoms with Crippen molar-refractivity contribution in [1.29, 1.82) is 0 Å². The second-order valence-corrected chi connectivity index (χ2v) is 10.2. The van der Waals surface area contributed by atoms with Gasteiger partial charge < -0.3 is 20.1 Å². The number of ketones is 1. The molecule has 0 heterocycles. The van der Waals surface area contributed by atoms with Gasteiger partial charge in [0.1, 0.15) is 11.2 Å². The predicted octanol–water partition coefficient (Wildman–Crippen LogP) is 2.17. The smallest absolute Gasteiger partial charge is 0.303 e. The number of carbonyl (C=O) groups is 2. The SMILES string of the molecule is CC(=O)O[C@@]1(C)[C@H]([C@@H]2C=C(CO)C[C@]3(O)C(=O)C(C)=C[C@H]3[C@@]2(O)C(C)C)C1(C)C. The monoisotopic (exact) mass is 406 g/mol. The van der Waals surface area contributed by atoms with Crippen LogP contribution in [0, 0.1) is 29.1 Å². The van der Waals surface area contributed by atoms with Crippen LogP contribution in [0.2, 0.25) is 0 Å². The van der Waals surface area contributed by atoms with Crippen LogP contribution in [0.25, 0.3) is 0 Å². The number of ether oxygens (including phenoxy) is 1. The minimum Gasteiger partial charge on any atom is -0.459 e. The van der Waals surface area contributed by atoms with Crippen LogP contribution in [-0.2, 0) is 14.3 Å². The lowest BCUT2D eigenvalue weighted by Crippen LogP contribution is -2.58. The fraction of sp³-hybridized carbons (Fsp3) is 0.739. The fourth-order valence-corrected chi connectivity index (χ4v) is 6.14. The molecule has 0 aromatic carbocycles. The van der Waals surface area contributed by atoms with Gasteiger partial charge in [0, 0.05) is 36.5 Å². The van der Waals surface area contributed by atoms with Crippen molar-refractivity contribution >= 4 is 11.8 Å². The van der Waals surface area contributed by atoms with Crippen LogP contribution in [-0.4, -0.2) is 50.5 Å². The second kappa shape index (κ2) is 6.50. The third kappa shape index (κ3) is 2.79. The van der Waals surface area contributed by atoms with Crippen molar-refractivity contribution in [3.8, 4) is 0 Å². The number of rotatable bonds is 4. The first-order valence-corrected chi connectivity index (χ1v) is 10.4. The van der Waals surface area contributed by atoms with E-state index in [-0.39, 0.29) is 30.8 Å². The number of fused-ring (bicyclic) bond motifs is 1. The highest BCUT2D eigenvalue weighted by Gasteiger charge is 2.77. The van der Waals surface area contributed by atoms with E-state index in [0.29, 0.717) is 11.1 Å².